The van der Waals surface area contributed by atoms with Gasteiger partial charge in [0.05, 0.1) is 0 Å². The Balaban J connectivity index is 1.17. The standard InChI is InChI=1S/C38H24O2S/c1-4-11-36-30(6-1)32-9-5-8-29(38(32)40-36)25-12-13-26-21-41-22-27-18-23(14-16-28(27)33(26)20-25)24-15-17-37-34(19-24)31-7-2-3-10-35(31)39-37/h1-20H,21-22H2. The molecule has 6 aromatic carbocycles. The number of furan rings is 2. The molecule has 0 saturated carbocycles. The van der Waals surface area contributed by atoms with Crippen molar-refractivity contribution in [3.05, 3.63) is 132 Å². The lowest BCUT2D eigenvalue weighted by molar-refractivity contribution is 0.669. The molecule has 8 aromatic rings. The summed E-state index contributed by atoms with van der Waals surface area (Å²) in [5, 5.41) is 4.65. The molecule has 9 rings (SSSR count). The maximum atomic E-state index is 6.38. The summed E-state index contributed by atoms with van der Waals surface area (Å²) < 4.78 is 12.5. The highest BCUT2D eigenvalue weighted by Crippen LogP contribution is 2.42. The van der Waals surface area contributed by atoms with Gasteiger partial charge in [-0.1, -0.05) is 84.9 Å². The Bertz CT molecular complexity index is 2300. The van der Waals surface area contributed by atoms with Crippen LogP contribution in [0, 0.1) is 0 Å². The zero-order valence-electron chi connectivity index (χ0n) is 22.2. The van der Waals surface area contributed by atoms with Gasteiger partial charge in [0.2, 0.25) is 0 Å². The molecule has 3 heteroatoms. The van der Waals surface area contributed by atoms with Gasteiger partial charge in [0.15, 0.2) is 0 Å². The van der Waals surface area contributed by atoms with Crippen LogP contribution in [0.5, 0.6) is 0 Å². The molecule has 0 fully saturated rings. The molecule has 0 unspecified atom stereocenters. The maximum absolute atomic E-state index is 6.38. The zero-order chi connectivity index (χ0) is 26.9. The molecule has 1 aliphatic heterocycles. The Hall–Kier alpha value is -4.73. The van der Waals surface area contributed by atoms with Crippen LogP contribution in [0.25, 0.3) is 77.3 Å². The second kappa shape index (κ2) is 8.89. The summed E-state index contributed by atoms with van der Waals surface area (Å²) in [5.41, 5.74) is 13.9. The number of fused-ring (bicyclic) bond motifs is 9. The molecule has 0 radical (unpaired) electrons. The fourth-order valence-electron chi connectivity index (χ4n) is 6.43. The van der Waals surface area contributed by atoms with Crippen LogP contribution in [0.15, 0.2) is 130 Å². The van der Waals surface area contributed by atoms with E-state index in [1.165, 1.54) is 38.9 Å². The molecule has 2 aromatic heterocycles. The second-order valence-electron chi connectivity index (χ2n) is 10.8. The average Bonchev–Trinajstić information content (AvgIpc) is 3.53. The summed E-state index contributed by atoms with van der Waals surface area (Å²) in [6.45, 7) is 0. The second-order valence-corrected chi connectivity index (χ2v) is 11.8. The highest BCUT2D eigenvalue weighted by atomic mass is 32.2. The molecule has 0 aliphatic carbocycles. The van der Waals surface area contributed by atoms with Crippen molar-refractivity contribution in [2.45, 2.75) is 11.5 Å². The monoisotopic (exact) mass is 544 g/mol. The van der Waals surface area contributed by atoms with E-state index in [1.807, 2.05) is 36.0 Å². The Morgan fingerprint density at radius 3 is 2.00 bits per heavy atom. The first kappa shape index (κ1) is 23.0. The van der Waals surface area contributed by atoms with Crippen molar-refractivity contribution >= 4 is 55.6 Å². The SMILES string of the molecule is c1ccc2c(c1)oc1ccc(-c3ccc4c(c3)CSCc3ccc(-c5cccc6c5oc5ccccc56)cc3-4)cc12. The molecule has 0 N–H and O–H groups in total. The van der Waals surface area contributed by atoms with Gasteiger partial charge in [0, 0.05) is 38.6 Å². The van der Waals surface area contributed by atoms with E-state index in [2.05, 4.69) is 97.1 Å². The highest BCUT2D eigenvalue weighted by Gasteiger charge is 2.19. The highest BCUT2D eigenvalue weighted by molar-refractivity contribution is 7.97. The van der Waals surface area contributed by atoms with Gasteiger partial charge in [0.1, 0.15) is 22.3 Å². The predicted molar refractivity (Wildman–Crippen MR) is 172 cm³/mol. The Morgan fingerprint density at radius 1 is 0.415 bits per heavy atom. The number of para-hydroxylation sites is 3. The predicted octanol–water partition coefficient (Wildman–Crippen LogP) is 11.2. The van der Waals surface area contributed by atoms with Gasteiger partial charge >= 0.3 is 0 Å². The van der Waals surface area contributed by atoms with Crippen LogP contribution in [0.3, 0.4) is 0 Å². The van der Waals surface area contributed by atoms with E-state index in [-0.39, 0.29) is 0 Å². The Kier molecular flexibility index (Phi) is 4.99. The molecule has 0 saturated heterocycles. The van der Waals surface area contributed by atoms with Crippen LogP contribution < -0.4 is 0 Å². The molecule has 0 amide bonds. The molecule has 41 heavy (non-hydrogen) atoms. The molecular weight excluding hydrogens is 520 g/mol. The molecular formula is C38H24O2S. The lowest BCUT2D eigenvalue weighted by atomic mass is 9.90. The number of rotatable bonds is 2. The van der Waals surface area contributed by atoms with E-state index < -0.39 is 0 Å². The summed E-state index contributed by atoms with van der Waals surface area (Å²) in [6.07, 6.45) is 0. The summed E-state index contributed by atoms with van der Waals surface area (Å²) in [5.74, 6) is 1.99. The van der Waals surface area contributed by atoms with Crippen LogP contribution in [0.4, 0.5) is 0 Å². The fourth-order valence-corrected chi connectivity index (χ4v) is 7.46. The van der Waals surface area contributed by atoms with E-state index in [4.69, 9.17) is 8.83 Å². The molecule has 194 valence electrons. The summed E-state index contributed by atoms with van der Waals surface area (Å²) in [6, 6.07) is 43.5. The van der Waals surface area contributed by atoms with E-state index in [1.54, 1.807) is 0 Å². The lowest BCUT2D eigenvalue weighted by Gasteiger charge is -2.13. The third-order valence-corrected chi connectivity index (χ3v) is 9.48. The van der Waals surface area contributed by atoms with E-state index >= 15 is 0 Å². The van der Waals surface area contributed by atoms with Gasteiger partial charge in [-0.25, -0.2) is 0 Å². The minimum atomic E-state index is 0.931. The fraction of sp³-hybridized carbons (Fsp3) is 0.0526. The van der Waals surface area contributed by atoms with Crippen molar-refractivity contribution in [2.24, 2.45) is 0 Å². The van der Waals surface area contributed by atoms with Gasteiger partial charge in [-0.2, -0.15) is 11.8 Å². The van der Waals surface area contributed by atoms with E-state index in [0.717, 1.165) is 60.9 Å². The van der Waals surface area contributed by atoms with Crippen molar-refractivity contribution in [2.75, 3.05) is 0 Å². The molecule has 0 bridgehead atoms. The van der Waals surface area contributed by atoms with Crippen LogP contribution >= 0.6 is 11.8 Å². The zero-order valence-corrected chi connectivity index (χ0v) is 23.0. The van der Waals surface area contributed by atoms with Crippen molar-refractivity contribution < 1.29 is 8.83 Å². The topological polar surface area (TPSA) is 26.3 Å². The number of benzene rings is 6. The molecule has 2 nitrogen and oxygen atoms in total. The maximum Gasteiger partial charge on any atom is 0.143 e. The smallest absolute Gasteiger partial charge is 0.143 e. The number of thioether (sulfide) groups is 1. The normalized spacial score (nSPS) is 13.1. The quantitative estimate of drug-likeness (QED) is 0.216. The van der Waals surface area contributed by atoms with Gasteiger partial charge < -0.3 is 8.83 Å². The molecule has 1 aliphatic rings. The van der Waals surface area contributed by atoms with Crippen molar-refractivity contribution in [3.63, 3.8) is 0 Å². The number of hydrogen-bond acceptors (Lipinski definition) is 3. The van der Waals surface area contributed by atoms with Gasteiger partial charge in [-0.05, 0) is 75.3 Å². The lowest BCUT2D eigenvalue weighted by Crippen LogP contribution is -1.91. The molecule has 3 heterocycles. The first-order valence-corrected chi connectivity index (χ1v) is 15.1. The van der Waals surface area contributed by atoms with Crippen LogP contribution in [-0.4, -0.2) is 0 Å². The summed E-state index contributed by atoms with van der Waals surface area (Å²) in [7, 11) is 0. The first-order valence-electron chi connectivity index (χ1n) is 14.0. The van der Waals surface area contributed by atoms with Crippen molar-refractivity contribution in [1.29, 1.82) is 0 Å². The third-order valence-electron chi connectivity index (χ3n) is 8.45. The van der Waals surface area contributed by atoms with Crippen LogP contribution in [0.2, 0.25) is 0 Å². The van der Waals surface area contributed by atoms with Crippen LogP contribution in [0.1, 0.15) is 11.1 Å². The first-order chi connectivity index (χ1) is 20.3. The average molecular weight is 545 g/mol. The molecule has 0 spiro atoms. The third kappa shape index (κ3) is 3.59. The van der Waals surface area contributed by atoms with Crippen molar-refractivity contribution in [3.8, 4) is 33.4 Å². The Morgan fingerprint density at radius 2 is 1.10 bits per heavy atom. The van der Waals surface area contributed by atoms with E-state index in [0.29, 0.717) is 0 Å². The van der Waals surface area contributed by atoms with Crippen molar-refractivity contribution in [1.82, 2.24) is 0 Å². The minimum absolute atomic E-state index is 0.931. The number of hydrogen-bond donors (Lipinski definition) is 0. The van der Waals surface area contributed by atoms with Gasteiger partial charge in [0.25, 0.3) is 0 Å². The van der Waals surface area contributed by atoms with Gasteiger partial charge in [-0.3, -0.25) is 0 Å². The molecule has 0 atom stereocenters. The largest absolute Gasteiger partial charge is 0.456 e. The Labute approximate surface area is 241 Å². The summed E-state index contributed by atoms with van der Waals surface area (Å²) in [4.78, 5) is 0. The van der Waals surface area contributed by atoms with Crippen LogP contribution in [-0.2, 0) is 11.5 Å². The van der Waals surface area contributed by atoms with E-state index in [9.17, 15) is 0 Å². The summed E-state index contributed by atoms with van der Waals surface area (Å²) >= 11 is 1.98. The van der Waals surface area contributed by atoms with Gasteiger partial charge in [-0.15, -0.1) is 0 Å². The minimum Gasteiger partial charge on any atom is -0.456 e.